The van der Waals surface area contributed by atoms with E-state index in [-0.39, 0.29) is 23.4 Å². The number of azo groups is 1. The lowest BCUT2D eigenvalue weighted by molar-refractivity contribution is -0.118. The normalized spacial score (nSPS) is 17.3. The van der Waals surface area contributed by atoms with Crippen LogP contribution >= 0.6 is 0 Å². The van der Waals surface area contributed by atoms with Crippen molar-refractivity contribution >= 4 is 23.2 Å². The quantitative estimate of drug-likeness (QED) is 0.367. The topological polar surface area (TPSA) is 136 Å². The fourth-order valence-corrected chi connectivity index (χ4v) is 4.03. The molecular weight excluding hydrogens is 484 g/mol. The Kier molecular flexibility index (Phi) is 6.73. The molecule has 1 amide bonds. The minimum atomic E-state index is -1.08. The van der Waals surface area contributed by atoms with Gasteiger partial charge in [-0.25, -0.2) is 0 Å². The number of carbonyl (C=O) groups is 1. The van der Waals surface area contributed by atoms with E-state index in [1.807, 2.05) is 70.2 Å². The summed E-state index contributed by atoms with van der Waals surface area (Å²) in [7, 11) is 0. The Hall–Kier alpha value is -4.80. The molecule has 0 spiro atoms. The highest BCUT2D eigenvalue weighted by atomic mass is 16.5. The molecule has 0 aliphatic carbocycles. The molecule has 1 unspecified atom stereocenters. The lowest BCUT2D eigenvalue weighted by atomic mass is 10.0. The number of phenolic OH excluding ortho intramolecular Hbond substituents is 1. The lowest BCUT2D eigenvalue weighted by Gasteiger charge is -2.13. The molecule has 1 atom stereocenters. The zero-order valence-corrected chi connectivity index (χ0v) is 21.3. The maximum Gasteiger partial charge on any atom is 0.283 e. The van der Waals surface area contributed by atoms with Gasteiger partial charge in [-0.15, -0.1) is 15.3 Å². The first kappa shape index (κ1) is 24.9. The highest BCUT2D eigenvalue weighted by molar-refractivity contribution is 6.16. The summed E-state index contributed by atoms with van der Waals surface area (Å²) in [6.07, 6.45) is -0.728. The van der Waals surface area contributed by atoms with Gasteiger partial charge in [-0.05, 0) is 79.1 Å². The van der Waals surface area contributed by atoms with Crippen LogP contribution in [0.3, 0.4) is 0 Å². The molecule has 0 bridgehead atoms. The summed E-state index contributed by atoms with van der Waals surface area (Å²) >= 11 is 0. The fourth-order valence-electron chi connectivity index (χ4n) is 4.03. The standard InChI is InChI=1S/C27H26N8O3/c1-15(2)38-26-23(27(37)35(32-26)20-12-11-16(3)17(4)13-20)29-28-22-10-6-9-21(24(22)36)18-7-5-8-19(14-18)25-30-33-34-31-25/h5-15,23,25,36H,1-4H3. The average molecular weight is 511 g/mol. The van der Waals surface area contributed by atoms with E-state index in [2.05, 4.69) is 36.0 Å². The van der Waals surface area contributed by atoms with Crippen molar-refractivity contribution in [2.45, 2.75) is 46.0 Å². The van der Waals surface area contributed by atoms with E-state index in [0.29, 0.717) is 11.3 Å². The number of hydrogen-bond donors (Lipinski definition) is 1. The number of benzene rings is 3. The Morgan fingerprint density at radius 3 is 2.47 bits per heavy atom. The monoisotopic (exact) mass is 510 g/mol. The number of rotatable bonds is 6. The first-order valence-electron chi connectivity index (χ1n) is 12.1. The fraction of sp³-hybridized carbons (Fsp3) is 0.259. The Morgan fingerprint density at radius 1 is 0.974 bits per heavy atom. The van der Waals surface area contributed by atoms with Crippen molar-refractivity contribution in [3.63, 3.8) is 0 Å². The third-order valence-electron chi connectivity index (χ3n) is 6.12. The molecule has 2 aliphatic heterocycles. The maximum atomic E-state index is 13.3. The molecule has 192 valence electrons. The molecular formula is C27H26N8O3. The van der Waals surface area contributed by atoms with E-state index in [0.717, 1.165) is 22.3 Å². The number of phenols is 1. The minimum absolute atomic E-state index is 0.0807. The predicted molar refractivity (Wildman–Crippen MR) is 141 cm³/mol. The largest absolute Gasteiger partial charge is 0.505 e. The number of para-hydroxylation sites is 1. The van der Waals surface area contributed by atoms with Gasteiger partial charge in [0, 0.05) is 11.1 Å². The second-order valence-corrected chi connectivity index (χ2v) is 9.22. The summed E-state index contributed by atoms with van der Waals surface area (Å²) in [5, 5.41) is 40.3. The molecule has 2 aliphatic rings. The molecule has 0 saturated heterocycles. The average Bonchev–Trinajstić information content (AvgIpc) is 3.54. The van der Waals surface area contributed by atoms with Crippen molar-refractivity contribution in [2.75, 3.05) is 5.01 Å². The van der Waals surface area contributed by atoms with Crippen LogP contribution in [0.25, 0.3) is 11.1 Å². The third kappa shape index (κ3) is 4.90. The van der Waals surface area contributed by atoms with Gasteiger partial charge in [-0.2, -0.15) is 15.2 Å². The van der Waals surface area contributed by atoms with Gasteiger partial charge in [0.25, 0.3) is 5.91 Å². The highest BCUT2D eigenvalue weighted by Crippen LogP contribution is 2.39. The maximum absolute atomic E-state index is 13.3. The van der Waals surface area contributed by atoms with Crippen molar-refractivity contribution in [3.8, 4) is 16.9 Å². The van der Waals surface area contributed by atoms with Gasteiger partial charge >= 0.3 is 0 Å². The van der Waals surface area contributed by atoms with Crippen molar-refractivity contribution < 1.29 is 14.6 Å². The van der Waals surface area contributed by atoms with Crippen LogP contribution in [0, 0.1) is 13.8 Å². The van der Waals surface area contributed by atoms with Crippen molar-refractivity contribution in [3.05, 3.63) is 77.4 Å². The number of hydrazone groups is 1. The van der Waals surface area contributed by atoms with Crippen LogP contribution in [-0.2, 0) is 9.53 Å². The molecule has 1 N–H and O–H groups in total. The molecule has 3 aromatic carbocycles. The van der Waals surface area contributed by atoms with Gasteiger partial charge in [0.1, 0.15) is 5.69 Å². The zero-order chi connectivity index (χ0) is 26.8. The third-order valence-corrected chi connectivity index (χ3v) is 6.12. The molecule has 0 radical (unpaired) electrons. The summed E-state index contributed by atoms with van der Waals surface area (Å²) in [5.74, 6) is -0.325. The summed E-state index contributed by atoms with van der Waals surface area (Å²) in [6, 6.07) is 17.1. The Morgan fingerprint density at radius 2 is 1.74 bits per heavy atom. The van der Waals surface area contributed by atoms with Gasteiger partial charge in [0.2, 0.25) is 18.1 Å². The number of hydrogen-bond acceptors (Lipinski definition) is 10. The van der Waals surface area contributed by atoms with Crippen LogP contribution in [0.4, 0.5) is 11.4 Å². The molecule has 11 nitrogen and oxygen atoms in total. The molecule has 38 heavy (non-hydrogen) atoms. The van der Waals surface area contributed by atoms with Crippen LogP contribution in [-0.4, -0.2) is 29.1 Å². The summed E-state index contributed by atoms with van der Waals surface area (Å²) in [6.45, 7) is 7.66. The first-order valence-corrected chi connectivity index (χ1v) is 12.1. The second kappa shape index (κ2) is 10.3. The van der Waals surface area contributed by atoms with Crippen LogP contribution in [0.2, 0.25) is 0 Å². The van der Waals surface area contributed by atoms with Gasteiger partial charge < -0.3 is 9.84 Å². The van der Waals surface area contributed by atoms with Crippen LogP contribution in [0.15, 0.2) is 96.7 Å². The van der Waals surface area contributed by atoms with Crippen LogP contribution < -0.4 is 5.01 Å². The van der Waals surface area contributed by atoms with E-state index in [9.17, 15) is 9.90 Å². The SMILES string of the molecule is Cc1ccc(N2N=C(OC(C)C)C(N=Nc3cccc(-c4cccc(C5N=NN=N5)c4)c3O)C2=O)cc1C. The van der Waals surface area contributed by atoms with Crippen LogP contribution in [0.1, 0.15) is 36.7 Å². The van der Waals surface area contributed by atoms with Gasteiger partial charge in [0.15, 0.2) is 5.75 Å². The Bertz CT molecular complexity index is 1500. The summed E-state index contributed by atoms with van der Waals surface area (Å²) in [4.78, 5) is 13.3. The molecule has 2 heterocycles. The van der Waals surface area contributed by atoms with Gasteiger partial charge in [-0.3, -0.25) is 4.79 Å². The molecule has 0 fully saturated rings. The number of aromatic hydroxyl groups is 1. The Balaban J connectivity index is 1.44. The number of amides is 1. The second-order valence-electron chi connectivity index (χ2n) is 9.22. The predicted octanol–water partition coefficient (Wildman–Crippen LogP) is 6.75. The number of anilines is 1. The molecule has 0 saturated carbocycles. The smallest absolute Gasteiger partial charge is 0.283 e. The highest BCUT2D eigenvalue weighted by Gasteiger charge is 2.39. The summed E-state index contributed by atoms with van der Waals surface area (Å²) in [5.41, 5.74) is 5.02. The summed E-state index contributed by atoms with van der Waals surface area (Å²) < 4.78 is 5.81. The number of nitrogens with zero attached hydrogens (tertiary/aromatic N) is 8. The van der Waals surface area contributed by atoms with Crippen LogP contribution in [0.5, 0.6) is 5.75 Å². The Labute approximate surface area is 219 Å². The molecule has 11 heteroatoms. The van der Waals surface area contributed by atoms with Gasteiger partial charge in [-0.1, -0.05) is 36.4 Å². The number of aryl methyl sites for hydroxylation is 2. The molecule has 5 rings (SSSR count). The lowest BCUT2D eigenvalue weighted by Crippen LogP contribution is -2.32. The zero-order valence-electron chi connectivity index (χ0n) is 21.3. The van der Waals surface area contributed by atoms with E-state index >= 15 is 0 Å². The van der Waals surface area contributed by atoms with Crippen molar-refractivity contribution in [2.24, 2.45) is 36.0 Å². The number of carbonyl (C=O) groups excluding carboxylic acids is 1. The van der Waals surface area contributed by atoms with Crippen molar-refractivity contribution in [1.29, 1.82) is 0 Å². The molecule has 3 aromatic rings. The number of ether oxygens (including phenoxy) is 1. The van der Waals surface area contributed by atoms with E-state index in [4.69, 9.17) is 4.74 Å². The minimum Gasteiger partial charge on any atom is -0.505 e. The first-order chi connectivity index (χ1) is 18.3. The van der Waals surface area contributed by atoms with Gasteiger partial charge in [0.05, 0.1) is 11.8 Å². The molecule has 0 aromatic heterocycles. The van der Waals surface area contributed by atoms with Crippen molar-refractivity contribution in [1.82, 2.24) is 0 Å². The van der Waals surface area contributed by atoms with E-state index in [1.54, 1.807) is 18.2 Å². The van der Waals surface area contributed by atoms with E-state index in [1.165, 1.54) is 5.01 Å². The van der Waals surface area contributed by atoms with E-state index < -0.39 is 18.1 Å².